The summed E-state index contributed by atoms with van der Waals surface area (Å²) in [4.78, 5) is 10.3. The molecule has 0 heterocycles. The fourth-order valence-corrected chi connectivity index (χ4v) is 0.722. The molecule has 0 spiro atoms. The summed E-state index contributed by atoms with van der Waals surface area (Å²) in [6.07, 6.45) is 0. The molecule has 0 amide bonds. The molecule has 0 radical (unpaired) electrons. The van der Waals surface area contributed by atoms with Crippen molar-refractivity contribution in [1.29, 1.82) is 0 Å². The third-order valence-electron chi connectivity index (χ3n) is 1.30. The first-order valence-corrected chi connectivity index (χ1v) is 4.40. The first kappa shape index (κ1) is 17.4. The second-order valence-electron chi connectivity index (χ2n) is 2.24. The number of benzene rings is 1. The summed E-state index contributed by atoms with van der Waals surface area (Å²) in [5.41, 5.74) is -0.329. The Balaban J connectivity index is 0. The summed E-state index contributed by atoms with van der Waals surface area (Å²) in [7, 11) is 0. The van der Waals surface area contributed by atoms with Crippen molar-refractivity contribution in [2.45, 2.75) is 0 Å². The Hall–Kier alpha value is -1.01. The Morgan fingerprint density at radius 3 is 1.81 bits per heavy atom. The van der Waals surface area contributed by atoms with E-state index in [1.165, 1.54) is 0 Å². The van der Waals surface area contributed by atoms with Crippen molar-refractivity contribution in [2.24, 2.45) is 0 Å². The number of phenols is 2. The van der Waals surface area contributed by atoms with Gasteiger partial charge in [-0.3, -0.25) is 0 Å². The molecule has 0 aromatic heterocycles. The molecule has 0 saturated carbocycles. The molecule has 1 rings (SSSR count). The maximum absolute atomic E-state index is 10.7. The van der Waals surface area contributed by atoms with Gasteiger partial charge in [0.1, 0.15) is 11.5 Å². The number of hydrogen-bond acceptors (Lipinski definition) is 6. The monoisotopic (exact) mass is 252 g/mol. The molecule has 0 aliphatic carbocycles. The number of rotatable bonds is 1. The zero-order valence-corrected chi connectivity index (χ0v) is 10.5. The first-order chi connectivity index (χ1) is 6.93. The van der Waals surface area contributed by atoms with Crippen LogP contribution in [-0.2, 0) is 3.80 Å². The summed E-state index contributed by atoms with van der Waals surface area (Å²) in [5, 5.41) is 36.6. The molecule has 0 unspecified atom stereocenters. The fraction of sp³-hybridized carbons (Fsp3) is 0. The van der Waals surface area contributed by atoms with Crippen LogP contribution in [0.15, 0.2) is 12.1 Å². The van der Waals surface area contributed by atoms with Crippen LogP contribution in [-0.4, -0.2) is 59.8 Å². The van der Waals surface area contributed by atoms with E-state index in [2.05, 4.69) is 0 Å². The number of phenolic OH excluding ortho intramolecular Hbond substituents is 2. The number of hydrogen-bond donors (Lipinski definition) is 3. The van der Waals surface area contributed by atoms with Crippen LogP contribution in [0.2, 0.25) is 0 Å². The topological polar surface area (TPSA) is 141 Å². The van der Waals surface area contributed by atoms with Crippen molar-refractivity contribution >= 4 is 44.5 Å². The van der Waals surface area contributed by atoms with Crippen LogP contribution in [0.25, 0.3) is 0 Å². The Labute approximate surface area is 112 Å². The molecule has 1 aromatic carbocycles. The number of aromatic hydroxyl groups is 2. The van der Waals surface area contributed by atoms with Gasteiger partial charge in [-0.15, -0.1) is 0 Å². The van der Waals surface area contributed by atoms with Crippen LogP contribution in [0, 0.1) is 0 Å². The van der Waals surface area contributed by atoms with E-state index in [9.17, 15) is 9.90 Å². The Morgan fingerprint density at radius 1 is 1.25 bits per heavy atom. The molecule has 1 aromatic rings. The van der Waals surface area contributed by atoms with Crippen LogP contribution >= 0.6 is 0 Å². The van der Waals surface area contributed by atoms with Crippen LogP contribution in [0.5, 0.6) is 17.2 Å². The van der Waals surface area contributed by atoms with E-state index in [4.69, 9.17) is 23.3 Å². The van der Waals surface area contributed by atoms with Gasteiger partial charge in [0, 0.05) is 0 Å². The molecule has 0 aliphatic heterocycles. The SMILES string of the molecule is O=C(O)c1cc(O)c([O-])c(O)c1.[Mg+2].[O]=[Al][O-]. The second kappa shape index (κ2) is 8.18. The predicted octanol–water partition coefficient (Wildman–Crippen LogP) is -2.20. The van der Waals surface area contributed by atoms with E-state index < -0.39 is 38.7 Å². The molecular formula is C7H5AlMgO7. The third-order valence-corrected chi connectivity index (χ3v) is 1.30. The normalized spacial score (nSPS) is 7.75. The molecule has 0 aliphatic rings. The van der Waals surface area contributed by atoms with Gasteiger partial charge in [-0.25, -0.2) is 4.79 Å². The molecule has 16 heavy (non-hydrogen) atoms. The van der Waals surface area contributed by atoms with Crippen molar-refractivity contribution in [3.63, 3.8) is 0 Å². The van der Waals surface area contributed by atoms with Crippen LogP contribution in [0.4, 0.5) is 0 Å². The molecule has 3 N–H and O–H groups in total. The second-order valence-corrected chi connectivity index (χ2v) is 2.44. The Kier molecular flexibility index (Phi) is 8.88. The maximum atomic E-state index is 10.7. The molecule has 0 bridgehead atoms. The molecule has 80 valence electrons. The van der Waals surface area contributed by atoms with Gasteiger partial charge in [-0.1, -0.05) is 0 Å². The van der Waals surface area contributed by atoms with E-state index in [-0.39, 0.29) is 28.6 Å². The van der Waals surface area contributed by atoms with Crippen LogP contribution in [0.1, 0.15) is 10.4 Å². The van der Waals surface area contributed by atoms with Gasteiger partial charge in [0.2, 0.25) is 0 Å². The standard InChI is InChI=1S/C7H6O5.Al.Mg.2O/c8-4-1-3(7(11)12)2-5(9)6(4)10;;;;/h1-2,8-10H,(H,11,12);;;;/q;;+2;;-1/p-1. The Bertz CT molecular complexity index is 358. The van der Waals surface area contributed by atoms with Gasteiger partial charge < -0.3 is 20.4 Å². The van der Waals surface area contributed by atoms with E-state index in [0.29, 0.717) is 0 Å². The van der Waals surface area contributed by atoms with Crippen LogP contribution < -0.4 is 9.26 Å². The number of carbonyl (C=O) groups is 1. The molecule has 0 saturated heterocycles. The fourth-order valence-electron chi connectivity index (χ4n) is 0.722. The zero-order chi connectivity index (χ0) is 12.0. The van der Waals surface area contributed by atoms with Crippen molar-refractivity contribution in [1.82, 2.24) is 0 Å². The molecule has 7 nitrogen and oxygen atoms in total. The average Bonchev–Trinajstić information content (AvgIpc) is 2.14. The van der Waals surface area contributed by atoms with Gasteiger partial charge in [0.05, 0.1) is 5.56 Å². The summed E-state index contributed by atoms with van der Waals surface area (Å²) in [6, 6.07) is 1.56. The minimum atomic E-state index is -1.75. The van der Waals surface area contributed by atoms with E-state index in [1.54, 1.807) is 0 Å². The number of carboxylic acid groups (broad SMARTS) is 1. The van der Waals surface area contributed by atoms with Crippen molar-refractivity contribution in [3.8, 4) is 17.2 Å². The van der Waals surface area contributed by atoms with Gasteiger partial charge in [0.15, 0.2) is 0 Å². The summed E-state index contributed by atoms with van der Waals surface area (Å²) in [6.45, 7) is 0. The molecular weight excluding hydrogens is 247 g/mol. The first-order valence-electron chi connectivity index (χ1n) is 3.46. The zero-order valence-electron chi connectivity index (χ0n) is 7.91. The Morgan fingerprint density at radius 2 is 1.56 bits per heavy atom. The van der Waals surface area contributed by atoms with E-state index in [0.717, 1.165) is 12.1 Å². The molecule has 0 fully saturated rings. The quantitative estimate of drug-likeness (QED) is 0.481. The van der Waals surface area contributed by atoms with E-state index >= 15 is 0 Å². The minimum absolute atomic E-state index is 0. The number of aromatic carboxylic acids is 1. The van der Waals surface area contributed by atoms with Crippen molar-refractivity contribution in [2.75, 3.05) is 0 Å². The average molecular weight is 252 g/mol. The number of carboxylic acids is 1. The third kappa shape index (κ3) is 5.18. The van der Waals surface area contributed by atoms with Gasteiger partial charge >= 0.3 is 52.5 Å². The predicted molar refractivity (Wildman–Crippen MR) is 48.4 cm³/mol. The van der Waals surface area contributed by atoms with Gasteiger partial charge in [0.25, 0.3) is 0 Å². The van der Waals surface area contributed by atoms with Crippen molar-refractivity contribution < 1.29 is 33.2 Å². The van der Waals surface area contributed by atoms with Gasteiger partial charge in [-0.2, -0.15) is 0 Å². The summed E-state index contributed by atoms with van der Waals surface area (Å²) < 4.78 is 16.9. The van der Waals surface area contributed by atoms with E-state index in [1.807, 2.05) is 0 Å². The summed E-state index contributed by atoms with van der Waals surface area (Å²) >= 11 is -1.75. The van der Waals surface area contributed by atoms with Crippen molar-refractivity contribution in [3.05, 3.63) is 17.7 Å². The van der Waals surface area contributed by atoms with Crippen LogP contribution in [0.3, 0.4) is 0 Å². The molecule has 9 heteroatoms. The summed E-state index contributed by atoms with van der Waals surface area (Å²) in [5.74, 6) is -3.83. The molecule has 0 atom stereocenters. The van der Waals surface area contributed by atoms with Gasteiger partial charge in [-0.05, 0) is 17.9 Å².